The lowest BCUT2D eigenvalue weighted by atomic mass is 10.1. The number of likely N-dealkylation sites (N-methyl/N-ethyl adjacent to an activating group) is 2. The number of rotatable bonds is 6. The molecule has 5 heteroatoms. The van der Waals surface area contributed by atoms with Gasteiger partial charge in [-0.1, -0.05) is 17.9 Å². The minimum atomic E-state index is -0.190. The van der Waals surface area contributed by atoms with Crippen LogP contribution in [0.25, 0.3) is 0 Å². The number of hydrogen-bond donors (Lipinski definition) is 2. The fourth-order valence-electron chi connectivity index (χ4n) is 1.95. The first-order valence-electron chi connectivity index (χ1n) is 6.82. The van der Waals surface area contributed by atoms with E-state index in [-0.39, 0.29) is 12.5 Å². The van der Waals surface area contributed by atoms with Crippen molar-refractivity contribution in [2.75, 3.05) is 33.9 Å². The van der Waals surface area contributed by atoms with Gasteiger partial charge in [-0.15, -0.1) is 0 Å². The number of nitrogens with zero attached hydrogens (tertiary/aromatic N) is 1. The molecule has 0 heterocycles. The topological polar surface area (TPSA) is 61.8 Å². The van der Waals surface area contributed by atoms with Crippen LogP contribution >= 0.6 is 0 Å². The summed E-state index contributed by atoms with van der Waals surface area (Å²) in [7, 11) is 3.47. The molecule has 1 amide bonds. The van der Waals surface area contributed by atoms with Gasteiger partial charge in [-0.25, -0.2) is 0 Å². The zero-order valence-corrected chi connectivity index (χ0v) is 12.8. The molecule has 0 aliphatic rings. The second-order valence-corrected chi connectivity index (χ2v) is 4.62. The van der Waals surface area contributed by atoms with E-state index in [4.69, 9.17) is 9.84 Å². The fraction of sp³-hybridized carbons (Fsp3) is 0.438. The second kappa shape index (κ2) is 9.01. The van der Waals surface area contributed by atoms with Crippen molar-refractivity contribution in [2.24, 2.45) is 0 Å². The molecular formula is C16H22N2O3. The summed E-state index contributed by atoms with van der Waals surface area (Å²) >= 11 is 0. The normalized spacial score (nSPS) is 9.95. The van der Waals surface area contributed by atoms with Crippen molar-refractivity contribution < 1.29 is 14.6 Å². The maximum atomic E-state index is 11.5. The summed E-state index contributed by atoms with van der Waals surface area (Å²) in [5, 5.41) is 11.6. The first kappa shape index (κ1) is 17.0. The average molecular weight is 290 g/mol. The Labute approximate surface area is 125 Å². The average Bonchev–Trinajstić information content (AvgIpc) is 2.45. The Morgan fingerprint density at radius 2 is 2.24 bits per heavy atom. The van der Waals surface area contributed by atoms with E-state index in [2.05, 4.69) is 17.2 Å². The molecule has 114 valence electrons. The fourth-order valence-corrected chi connectivity index (χ4v) is 1.95. The first-order valence-corrected chi connectivity index (χ1v) is 6.82. The number of amides is 1. The van der Waals surface area contributed by atoms with Crippen molar-refractivity contribution in [3.8, 4) is 17.6 Å². The molecule has 2 N–H and O–H groups in total. The smallest absolute Gasteiger partial charge is 0.234 e. The Bertz CT molecular complexity index is 532. The summed E-state index contributed by atoms with van der Waals surface area (Å²) in [6, 6.07) is 5.70. The van der Waals surface area contributed by atoms with Gasteiger partial charge in [0.15, 0.2) is 0 Å². The lowest BCUT2D eigenvalue weighted by Crippen LogP contribution is -2.34. The van der Waals surface area contributed by atoms with Gasteiger partial charge in [-0.3, -0.25) is 9.69 Å². The summed E-state index contributed by atoms with van der Waals surface area (Å²) in [5.41, 5.74) is 1.76. The van der Waals surface area contributed by atoms with Crippen LogP contribution in [0.4, 0.5) is 0 Å². The van der Waals surface area contributed by atoms with E-state index in [0.29, 0.717) is 25.4 Å². The zero-order valence-electron chi connectivity index (χ0n) is 12.8. The van der Waals surface area contributed by atoms with Crippen molar-refractivity contribution in [3.05, 3.63) is 29.3 Å². The number of ether oxygens (including phenoxy) is 1. The van der Waals surface area contributed by atoms with Crippen molar-refractivity contribution in [3.63, 3.8) is 0 Å². The molecule has 1 aromatic rings. The molecule has 0 fully saturated rings. The molecular weight excluding hydrogens is 268 g/mol. The SMILES string of the molecule is CCNC(=O)CN(C)Cc1ccc(OC)c(C#CCO)c1. The summed E-state index contributed by atoms with van der Waals surface area (Å²) in [5.74, 6) is 6.16. The molecule has 0 radical (unpaired) electrons. The van der Waals surface area contributed by atoms with Gasteiger partial charge in [0.25, 0.3) is 0 Å². The minimum Gasteiger partial charge on any atom is -0.495 e. The van der Waals surface area contributed by atoms with Crippen LogP contribution in [0.5, 0.6) is 5.75 Å². The monoisotopic (exact) mass is 290 g/mol. The van der Waals surface area contributed by atoms with Gasteiger partial charge in [-0.2, -0.15) is 0 Å². The largest absolute Gasteiger partial charge is 0.495 e. The van der Waals surface area contributed by atoms with Crippen LogP contribution in [-0.2, 0) is 11.3 Å². The maximum Gasteiger partial charge on any atom is 0.234 e. The molecule has 0 saturated carbocycles. The number of hydrogen-bond acceptors (Lipinski definition) is 4. The van der Waals surface area contributed by atoms with Crippen LogP contribution in [0.3, 0.4) is 0 Å². The maximum absolute atomic E-state index is 11.5. The molecule has 1 aromatic carbocycles. The molecule has 1 rings (SSSR count). The summed E-state index contributed by atoms with van der Waals surface area (Å²) in [4.78, 5) is 13.5. The van der Waals surface area contributed by atoms with Crippen LogP contribution in [-0.4, -0.2) is 49.8 Å². The highest BCUT2D eigenvalue weighted by Gasteiger charge is 2.08. The van der Waals surface area contributed by atoms with Gasteiger partial charge in [-0.05, 0) is 31.7 Å². The van der Waals surface area contributed by atoms with Crippen molar-refractivity contribution in [1.82, 2.24) is 10.2 Å². The number of aliphatic hydroxyl groups is 1. The Morgan fingerprint density at radius 3 is 2.86 bits per heavy atom. The van der Waals surface area contributed by atoms with Crippen molar-refractivity contribution in [2.45, 2.75) is 13.5 Å². The van der Waals surface area contributed by atoms with E-state index in [1.807, 2.05) is 37.1 Å². The Kier molecular flexibility index (Phi) is 7.30. The number of aliphatic hydroxyl groups excluding tert-OH is 1. The first-order chi connectivity index (χ1) is 10.1. The van der Waals surface area contributed by atoms with E-state index >= 15 is 0 Å². The third-order valence-corrected chi connectivity index (χ3v) is 2.81. The third-order valence-electron chi connectivity index (χ3n) is 2.81. The molecule has 0 atom stereocenters. The van der Waals surface area contributed by atoms with Crippen LogP contribution in [0.1, 0.15) is 18.1 Å². The molecule has 0 bridgehead atoms. The van der Waals surface area contributed by atoms with Gasteiger partial charge in [0, 0.05) is 13.1 Å². The minimum absolute atomic E-state index is 0.00815. The second-order valence-electron chi connectivity index (χ2n) is 4.62. The van der Waals surface area contributed by atoms with Gasteiger partial charge >= 0.3 is 0 Å². The Morgan fingerprint density at radius 1 is 1.48 bits per heavy atom. The van der Waals surface area contributed by atoms with E-state index in [1.54, 1.807) is 7.11 Å². The van der Waals surface area contributed by atoms with E-state index < -0.39 is 0 Å². The summed E-state index contributed by atoms with van der Waals surface area (Å²) in [6.45, 7) is 3.32. The highest BCUT2D eigenvalue weighted by Crippen LogP contribution is 2.19. The van der Waals surface area contributed by atoms with Crippen molar-refractivity contribution in [1.29, 1.82) is 0 Å². The number of nitrogens with one attached hydrogen (secondary N) is 1. The summed E-state index contributed by atoms with van der Waals surface area (Å²) < 4.78 is 5.24. The van der Waals surface area contributed by atoms with E-state index in [9.17, 15) is 4.79 Å². The zero-order chi connectivity index (χ0) is 15.7. The van der Waals surface area contributed by atoms with Crippen molar-refractivity contribution >= 4 is 5.91 Å². The quantitative estimate of drug-likeness (QED) is 0.754. The number of carbonyl (C=O) groups is 1. The molecule has 0 aliphatic carbocycles. The molecule has 0 aromatic heterocycles. The van der Waals surface area contributed by atoms with E-state index in [0.717, 1.165) is 11.1 Å². The molecule has 0 aliphatic heterocycles. The third kappa shape index (κ3) is 5.86. The predicted molar refractivity (Wildman–Crippen MR) is 82.0 cm³/mol. The van der Waals surface area contributed by atoms with Crippen LogP contribution < -0.4 is 10.1 Å². The molecule has 0 unspecified atom stereocenters. The highest BCUT2D eigenvalue weighted by molar-refractivity contribution is 5.77. The number of carbonyl (C=O) groups excluding carboxylic acids is 1. The van der Waals surface area contributed by atoms with Crippen LogP contribution in [0, 0.1) is 11.8 Å². The lowest BCUT2D eigenvalue weighted by Gasteiger charge is -2.16. The molecule has 0 spiro atoms. The number of benzene rings is 1. The van der Waals surface area contributed by atoms with Crippen LogP contribution in [0.2, 0.25) is 0 Å². The summed E-state index contributed by atoms with van der Waals surface area (Å²) in [6.07, 6.45) is 0. The molecule has 21 heavy (non-hydrogen) atoms. The lowest BCUT2D eigenvalue weighted by molar-refractivity contribution is -0.121. The van der Waals surface area contributed by atoms with Gasteiger partial charge in [0.2, 0.25) is 5.91 Å². The molecule has 5 nitrogen and oxygen atoms in total. The standard InChI is InChI=1S/C16H22N2O3/c1-4-17-16(20)12-18(2)11-13-7-8-15(21-3)14(10-13)6-5-9-19/h7-8,10,19H,4,9,11-12H2,1-3H3,(H,17,20). The Hall–Kier alpha value is -2.03. The number of methoxy groups -OCH3 is 1. The predicted octanol–water partition coefficient (Wildman–Crippen LogP) is 0.607. The Balaban J connectivity index is 2.77. The van der Waals surface area contributed by atoms with Gasteiger partial charge < -0.3 is 15.2 Å². The van der Waals surface area contributed by atoms with Gasteiger partial charge in [0.05, 0.1) is 19.2 Å². The van der Waals surface area contributed by atoms with Crippen LogP contribution in [0.15, 0.2) is 18.2 Å². The molecule has 0 saturated heterocycles. The van der Waals surface area contributed by atoms with Gasteiger partial charge in [0.1, 0.15) is 12.4 Å². The highest BCUT2D eigenvalue weighted by atomic mass is 16.5. The van der Waals surface area contributed by atoms with E-state index in [1.165, 1.54) is 0 Å².